The lowest BCUT2D eigenvalue weighted by atomic mass is 9.76. The number of hydrogen-bond donors (Lipinski definition) is 3. The van der Waals surface area contributed by atoms with Gasteiger partial charge in [-0.15, -0.1) is 16.4 Å². The lowest BCUT2D eigenvalue weighted by molar-refractivity contribution is -0.129. The van der Waals surface area contributed by atoms with Crippen LogP contribution in [0.1, 0.15) is 32.1 Å². The van der Waals surface area contributed by atoms with Crippen molar-refractivity contribution < 1.29 is 22.3 Å². The van der Waals surface area contributed by atoms with Gasteiger partial charge in [0, 0.05) is 25.2 Å². The Morgan fingerprint density at radius 1 is 1.31 bits per heavy atom. The summed E-state index contributed by atoms with van der Waals surface area (Å²) in [5, 5.41) is 2.61. The van der Waals surface area contributed by atoms with Crippen molar-refractivity contribution in [2.24, 2.45) is 17.8 Å². The number of likely N-dealkylation sites (N-methyl/N-ethyl adjacent to an activating group) is 1. The molecule has 11 heteroatoms. The van der Waals surface area contributed by atoms with Gasteiger partial charge in [0.1, 0.15) is 6.17 Å². The number of hydrazine groups is 1. The third-order valence-electron chi connectivity index (χ3n) is 6.85. The summed E-state index contributed by atoms with van der Waals surface area (Å²) < 4.78 is 45.1. The molecule has 3 heterocycles. The average molecular weight is 453 g/mol. The Morgan fingerprint density at radius 3 is 2.72 bits per heavy atom. The Morgan fingerprint density at radius 2 is 2.10 bits per heavy atom. The van der Waals surface area contributed by atoms with Crippen LogP contribution < -0.4 is 15.6 Å². The van der Waals surface area contributed by atoms with Gasteiger partial charge in [-0.1, -0.05) is 0 Å². The van der Waals surface area contributed by atoms with Crippen molar-refractivity contribution in [1.82, 2.24) is 20.5 Å². The summed E-state index contributed by atoms with van der Waals surface area (Å²) in [6.45, 7) is 1.56. The molecule has 4 fully saturated rings. The molecule has 4 rings (SSSR count). The maximum atomic E-state index is 14.7. The van der Waals surface area contributed by atoms with E-state index in [0.29, 0.717) is 12.8 Å². The molecule has 3 saturated heterocycles. The van der Waals surface area contributed by atoms with Crippen LogP contribution in [0.5, 0.6) is 0 Å². The lowest BCUT2D eigenvalue weighted by Crippen LogP contribution is -2.52. The third-order valence-corrected chi connectivity index (χ3v) is 8.55. The van der Waals surface area contributed by atoms with Crippen LogP contribution in [0.25, 0.3) is 0 Å². The van der Waals surface area contributed by atoms with E-state index in [-0.39, 0.29) is 35.8 Å². The molecule has 4 aliphatic rings. The maximum absolute atomic E-state index is 14.7. The highest BCUT2D eigenvalue weighted by molar-refractivity contribution is 7.89. The summed E-state index contributed by atoms with van der Waals surface area (Å²) in [7, 11) is -1.73. The number of hydrogen-bond acceptors (Lipinski definition) is 6. The molecule has 0 aromatic rings. The number of alkyl halides is 2. The van der Waals surface area contributed by atoms with Gasteiger partial charge in [-0.25, -0.2) is 12.8 Å². The van der Waals surface area contributed by atoms with Crippen molar-refractivity contribution in [1.29, 1.82) is 0 Å². The van der Waals surface area contributed by atoms with E-state index in [1.807, 2.05) is 7.05 Å². The van der Waals surface area contributed by atoms with E-state index < -0.39 is 33.4 Å². The van der Waals surface area contributed by atoms with E-state index in [1.165, 1.54) is 0 Å². The van der Waals surface area contributed by atoms with E-state index in [9.17, 15) is 17.6 Å². The second-order valence-electron chi connectivity index (χ2n) is 9.05. The van der Waals surface area contributed by atoms with Crippen LogP contribution in [0.15, 0.2) is 0 Å². The first-order valence-corrected chi connectivity index (χ1v) is 12.5. The van der Waals surface area contributed by atoms with Crippen LogP contribution >= 0.6 is 11.6 Å². The first-order chi connectivity index (χ1) is 13.7. The predicted octanol–water partition coefficient (Wildman–Crippen LogP) is 0.337. The van der Waals surface area contributed by atoms with E-state index in [4.69, 9.17) is 16.3 Å². The number of rotatable bonds is 6. The minimum absolute atomic E-state index is 0.0179. The van der Waals surface area contributed by atoms with Crippen LogP contribution in [0.4, 0.5) is 4.39 Å². The number of fused-ring (bicyclic) bond motifs is 2. The second kappa shape index (κ2) is 8.55. The SMILES string of the molecule is CN1CNC(C2CC(Cl)C(F)C(C(=O)NNS(=O)(=O)C[C@@H]3C[C@H]4CC[C@@H]3O4)C2)C1. The van der Waals surface area contributed by atoms with Crippen molar-refractivity contribution in [3.8, 4) is 0 Å². The smallest absolute Gasteiger partial charge is 0.241 e. The largest absolute Gasteiger partial charge is 0.375 e. The Bertz CT molecular complexity index is 729. The summed E-state index contributed by atoms with van der Waals surface area (Å²) in [5.74, 6) is -1.73. The normalized spacial score (nSPS) is 43.0. The molecule has 1 amide bonds. The van der Waals surface area contributed by atoms with Gasteiger partial charge in [0.05, 0.1) is 29.3 Å². The Balaban J connectivity index is 1.31. The lowest BCUT2D eigenvalue weighted by Gasteiger charge is -2.37. The van der Waals surface area contributed by atoms with Gasteiger partial charge >= 0.3 is 0 Å². The first kappa shape index (κ1) is 21.7. The number of carbonyl (C=O) groups is 1. The number of halogens is 2. The Hall–Kier alpha value is -0.520. The van der Waals surface area contributed by atoms with Crippen LogP contribution in [-0.2, 0) is 19.6 Å². The van der Waals surface area contributed by atoms with Crippen LogP contribution in [-0.4, -0.2) is 75.0 Å². The van der Waals surface area contributed by atoms with Crippen molar-refractivity contribution in [2.75, 3.05) is 26.0 Å². The van der Waals surface area contributed by atoms with E-state index in [1.54, 1.807) is 0 Å². The molecule has 8 nitrogen and oxygen atoms in total. The number of carbonyl (C=O) groups excluding carboxylic acids is 1. The Labute approximate surface area is 176 Å². The molecule has 0 aromatic heterocycles. The number of amides is 1. The summed E-state index contributed by atoms with van der Waals surface area (Å²) in [6.07, 6.45) is 2.06. The molecule has 5 unspecified atom stereocenters. The molecular formula is C18H30ClFN4O4S. The van der Waals surface area contributed by atoms with Gasteiger partial charge < -0.3 is 4.74 Å². The van der Waals surface area contributed by atoms with Gasteiger partial charge in [0.2, 0.25) is 15.9 Å². The van der Waals surface area contributed by atoms with E-state index >= 15 is 0 Å². The zero-order valence-corrected chi connectivity index (χ0v) is 18.1. The zero-order chi connectivity index (χ0) is 20.8. The van der Waals surface area contributed by atoms with Crippen LogP contribution in [0.2, 0.25) is 0 Å². The van der Waals surface area contributed by atoms with Gasteiger partial charge in [-0.3, -0.25) is 20.4 Å². The fraction of sp³-hybridized carbons (Fsp3) is 0.944. The van der Waals surface area contributed by atoms with Crippen molar-refractivity contribution in [2.45, 2.75) is 61.9 Å². The highest BCUT2D eigenvalue weighted by Crippen LogP contribution is 2.39. The second-order valence-corrected chi connectivity index (χ2v) is 11.4. The maximum Gasteiger partial charge on any atom is 0.241 e. The zero-order valence-electron chi connectivity index (χ0n) is 16.5. The van der Waals surface area contributed by atoms with Crippen molar-refractivity contribution >= 4 is 27.5 Å². The van der Waals surface area contributed by atoms with E-state index in [0.717, 1.165) is 32.5 Å². The van der Waals surface area contributed by atoms with Crippen LogP contribution in [0.3, 0.4) is 0 Å². The Kier molecular flexibility index (Phi) is 6.40. The fourth-order valence-electron chi connectivity index (χ4n) is 5.32. The molecular weight excluding hydrogens is 423 g/mol. The fourth-order valence-corrected chi connectivity index (χ4v) is 6.98. The molecule has 166 valence electrons. The van der Waals surface area contributed by atoms with Crippen molar-refractivity contribution in [3.63, 3.8) is 0 Å². The summed E-state index contributed by atoms with van der Waals surface area (Å²) in [6, 6.07) is 0.151. The highest BCUT2D eigenvalue weighted by Gasteiger charge is 2.45. The average Bonchev–Trinajstić information content (AvgIpc) is 3.38. The molecule has 0 aromatic carbocycles. The molecule has 3 N–H and O–H groups in total. The number of nitrogens with one attached hydrogen (secondary N) is 3. The number of ether oxygens (including phenoxy) is 1. The highest BCUT2D eigenvalue weighted by atomic mass is 35.5. The predicted molar refractivity (Wildman–Crippen MR) is 106 cm³/mol. The number of nitrogens with zero attached hydrogens (tertiary/aromatic N) is 1. The standard InChI is InChI=1S/C18H30ClFN4O4S/c1-24-7-15(21-9-24)10-5-13(17(20)14(19)6-10)18(25)22-23-29(26,27)8-11-4-12-2-3-16(11)28-12/h10-17,21,23H,2-9H2,1H3,(H,22,25)/t10?,11-,12+,13?,14?,15?,16-,17?/m0/s1. The summed E-state index contributed by atoms with van der Waals surface area (Å²) in [5.41, 5.74) is 2.23. The minimum atomic E-state index is -3.73. The quantitative estimate of drug-likeness (QED) is 0.397. The minimum Gasteiger partial charge on any atom is -0.375 e. The monoisotopic (exact) mass is 452 g/mol. The molecule has 0 radical (unpaired) electrons. The number of sulfonamides is 1. The van der Waals surface area contributed by atoms with Gasteiger partial charge in [-0.2, -0.15) is 0 Å². The summed E-state index contributed by atoms with van der Waals surface area (Å²) >= 11 is 6.21. The van der Waals surface area contributed by atoms with Gasteiger partial charge in [0.15, 0.2) is 0 Å². The van der Waals surface area contributed by atoms with Crippen LogP contribution in [0, 0.1) is 17.8 Å². The third kappa shape index (κ3) is 4.88. The molecule has 2 bridgehead atoms. The van der Waals surface area contributed by atoms with Gasteiger partial charge in [0.25, 0.3) is 0 Å². The van der Waals surface area contributed by atoms with Crippen molar-refractivity contribution in [3.05, 3.63) is 0 Å². The molecule has 29 heavy (non-hydrogen) atoms. The van der Waals surface area contributed by atoms with E-state index in [2.05, 4.69) is 20.5 Å². The molecule has 1 aliphatic carbocycles. The van der Waals surface area contributed by atoms with Gasteiger partial charge in [-0.05, 0) is 45.1 Å². The summed E-state index contributed by atoms with van der Waals surface area (Å²) in [4.78, 5) is 16.9. The molecule has 0 spiro atoms. The molecule has 8 atom stereocenters. The first-order valence-electron chi connectivity index (χ1n) is 10.4. The molecule has 1 saturated carbocycles. The topological polar surface area (TPSA) is 99.8 Å². The molecule has 3 aliphatic heterocycles.